The Morgan fingerprint density at radius 3 is 2.73 bits per heavy atom. The van der Waals surface area contributed by atoms with Crippen LogP contribution in [-0.2, 0) is 0 Å². The molecule has 3 aromatic rings. The third kappa shape index (κ3) is 3.97. The molecule has 0 amide bonds. The van der Waals surface area contributed by atoms with E-state index in [1.165, 1.54) is 7.17 Å². The van der Waals surface area contributed by atoms with Gasteiger partial charge in [0, 0.05) is 27.9 Å². The van der Waals surface area contributed by atoms with E-state index in [4.69, 9.17) is 12.5 Å². The van der Waals surface area contributed by atoms with Crippen LogP contribution in [0.4, 0.5) is 0 Å². The highest BCUT2D eigenvalue weighted by Gasteiger charge is 2.15. The van der Waals surface area contributed by atoms with Gasteiger partial charge in [0.15, 0.2) is 5.43 Å². The second kappa shape index (κ2) is 8.28. The van der Waals surface area contributed by atoms with E-state index < -0.39 is 6.10 Å². The first-order valence-corrected chi connectivity index (χ1v) is 9.66. The lowest BCUT2D eigenvalue weighted by atomic mass is 9.53. The van der Waals surface area contributed by atoms with Crippen molar-refractivity contribution >= 4 is 46.4 Å². The van der Waals surface area contributed by atoms with E-state index in [1.54, 1.807) is 17.4 Å². The van der Waals surface area contributed by atoms with Crippen LogP contribution in [0.2, 0.25) is 6.32 Å². The molecule has 1 unspecified atom stereocenters. The summed E-state index contributed by atoms with van der Waals surface area (Å²) < 4.78 is 7.79. The number of benzene rings is 2. The van der Waals surface area contributed by atoms with Crippen molar-refractivity contribution in [2.24, 2.45) is 0 Å². The topological polar surface area (TPSA) is 46.5 Å². The predicted molar refractivity (Wildman–Crippen MR) is 112 cm³/mol. The summed E-state index contributed by atoms with van der Waals surface area (Å²) in [7, 11) is 6.89. The van der Waals surface area contributed by atoms with Crippen molar-refractivity contribution in [1.82, 2.24) is 0 Å². The molecule has 6 heteroatoms. The fourth-order valence-corrected chi connectivity index (χ4v) is 4.29. The smallest absolute Gasteiger partial charge is 0.196 e. The van der Waals surface area contributed by atoms with E-state index in [0.29, 0.717) is 23.9 Å². The van der Waals surface area contributed by atoms with Crippen molar-refractivity contribution in [3.05, 3.63) is 52.2 Å². The van der Waals surface area contributed by atoms with Crippen LogP contribution < -0.4 is 10.2 Å². The Morgan fingerprint density at radius 1 is 1.23 bits per heavy atom. The summed E-state index contributed by atoms with van der Waals surface area (Å²) in [6.07, 6.45) is 0.609. The van der Waals surface area contributed by atoms with E-state index >= 15 is 0 Å². The van der Waals surface area contributed by atoms with Crippen molar-refractivity contribution in [3.8, 4) is 5.75 Å². The van der Waals surface area contributed by atoms with E-state index in [9.17, 15) is 9.90 Å². The lowest BCUT2D eigenvalue weighted by Gasteiger charge is -2.16. The second-order valence-electron chi connectivity index (χ2n) is 6.75. The summed E-state index contributed by atoms with van der Waals surface area (Å²) in [6.45, 7) is 4.40. The SMILES string of the molecule is [B][B]CCC(O)COc1cc(C(C)C)c2sc3ccccc3c(=O)c2c1. The molecule has 0 aliphatic carbocycles. The van der Waals surface area contributed by atoms with E-state index in [0.717, 1.165) is 20.3 Å². The molecule has 1 N–H and O–H groups in total. The van der Waals surface area contributed by atoms with Crippen LogP contribution in [0.25, 0.3) is 20.2 Å². The molecule has 0 aliphatic heterocycles. The Hall–Kier alpha value is -1.78. The number of hydrogen-bond donors (Lipinski definition) is 1. The lowest BCUT2D eigenvalue weighted by molar-refractivity contribution is 0.104. The molecule has 3 nitrogen and oxygen atoms in total. The average Bonchev–Trinajstić information content (AvgIpc) is 2.64. The van der Waals surface area contributed by atoms with Gasteiger partial charge in [0.2, 0.25) is 0 Å². The van der Waals surface area contributed by atoms with Gasteiger partial charge < -0.3 is 9.84 Å². The van der Waals surface area contributed by atoms with Crippen molar-refractivity contribution in [1.29, 1.82) is 0 Å². The maximum atomic E-state index is 13.0. The molecule has 3 rings (SSSR count). The number of rotatable bonds is 7. The minimum atomic E-state index is -0.584. The van der Waals surface area contributed by atoms with Crippen LogP contribution in [-0.4, -0.2) is 32.7 Å². The maximum Gasteiger partial charge on any atom is 0.196 e. The van der Waals surface area contributed by atoms with Gasteiger partial charge in [-0.2, -0.15) is 0 Å². The van der Waals surface area contributed by atoms with E-state index in [1.807, 2.05) is 30.3 Å². The minimum absolute atomic E-state index is 0.0278. The second-order valence-corrected chi connectivity index (χ2v) is 7.80. The molecular formula is C20H21B2O3S. The highest BCUT2D eigenvalue weighted by molar-refractivity contribution is 7.24. The minimum Gasteiger partial charge on any atom is -0.491 e. The molecule has 1 aromatic heterocycles. The molecule has 1 atom stereocenters. The Kier molecular flexibility index (Phi) is 6.05. The zero-order chi connectivity index (χ0) is 18.7. The first-order chi connectivity index (χ1) is 12.5. The fourth-order valence-electron chi connectivity index (χ4n) is 2.98. The number of hydrogen-bond acceptors (Lipinski definition) is 4. The molecule has 0 bridgehead atoms. The standard InChI is InChI=1S/C20H21B2O3S/c1-12(2)16-9-14(25-11-13(23)7-8-22-21)10-17-19(24)15-5-3-4-6-18(15)26-20(16)17/h3-6,9-10,12-13,23H,7-8,11H2,1-2H3. The largest absolute Gasteiger partial charge is 0.491 e. The first-order valence-electron chi connectivity index (χ1n) is 8.85. The summed E-state index contributed by atoms with van der Waals surface area (Å²) >= 11 is 1.64. The van der Waals surface area contributed by atoms with Crippen LogP contribution in [0.5, 0.6) is 5.75 Å². The molecule has 131 valence electrons. The van der Waals surface area contributed by atoms with Crippen molar-refractivity contribution < 1.29 is 9.84 Å². The summed E-state index contributed by atoms with van der Waals surface area (Å²) in [6, 6.07) is 11.5. The summed E-state index contributed by atoms with van der Waals surface area (Å²) in [5.74, 6) is 0.881. The van der Waals surface area contributed by atoms with Crippen molar-refractivity contribution in [3.63, 3.8) is 0 Å². The summed E-state index contributed by atoms with van der Waals surface area (Å²) in [5, 5.41) is 11.4. The molecule has 0 aliphatic rings. The quantitative estimate of drug-likeness (QED) is 0.512. The maximum absolute atomic E-state index is 13.0. The molecule has 2 aromatic carbocycles. The molecule has 1 heterocycles. The van der Waals surface area contributed by atoms with Gasteiger partial charge in [0.25, 0.3) is 0 Å². The van der Waals surface area contributed by atoms with Crippen molar-refractivity contribution in [2.75, 3.05) is 6.61 Å². The first kappa shape index (κ1) is 19.0. The Morgan fingerprint density at radius 2 is 2.00 bits per heavy atom. The van der Waals surface area contributed by atoms with Gasteiger partial charge in [-0.25, -0.2) is 0 Å². The molecular weight excluding hydrogens is 342 g/mol. The monoisotopic (exact) mass is 363 g/mol. The highest BCUT2D eigenvalue weighted by Crippen LogP contribution is 2.34. The lowest BCUT2D eigenvalue weighted by Crippen LogP contribution is -2.18. The molecule has 3 radical (unpaired) electrons. The van der Waals surface area contributed by atoms with Gasteiger partial charge in [0.1, 0.15) is 12.4 Å². The molecule has 0 spiro atoms. The third-order valence-corrected chi connectivity index (χ3v) is 5.65. The third-order valence-electron chi connectivity index (χ3n) is 4.41. The number of ether oxygens (including phenoxy) is 1. The molecule has 26 heavy (non-hydrogen) atoms. The predicted octanol–water partition coefficient (Wildman–Crippen LogP) is 3.87. The van der Waals surface area contributed by atoms with Gasteiger partial charge in [-0.3, -0.25) is 4.79 Å². The van der Waals surface area contributed by atoms with Crippen LogP contribution in [0.15, 0.2) is 41.2 Å². The van der Waals surface area contributed by atoms with Crippen LogP contribution in [0, 0.1) is 0 Å². The number of fused-ring (bicyclic) bond motifs is 2. The van der Waals surface area contributed by atoms with Gasteiger partial charge in [-0.15, -0.1) is 11.3 Å². The van der Waals surface area contributed by atoms with Crippen LogP contribution >= 0.6 is 11.3 Å². The number of aliphatic hydroxyl groups is 1. The highest BCUT2D eigenvalue weighted by atomic mass is 32.1. The Bertz CT molecular complexity index is 968. The summed E-state index contributed by atoms with van der Waals surface area (Å²) in [5.41, 5.74) is 1.12. The van der Waals surface area contributed by atoms with Gasteiger partial charge in [0.05, 0.1) is 13.3 Å². The zero-order valence-electron chi connectivity index (χ0n) is 15.1. The zero-order valence-corrected chi connectivity index (χ0v) is 15.9. The van der Waals surface area contributed by atoms with Gasteiger partial charge in [-0.1, -0.05) is 32.3 Å². The summed E-state index contributed by atoms with van der Waals surface area (Å²) in [4.78, 5) is 13.0. The van der Waals surface area contributed by atoms with Crippen molar-refractivity contribution in [2.45, 2.75) is 38.6 Å². The molecule has 0 saturated heterocycles. The molecule has 0 saturated carbocycles. The Balaban J connectivity index is 2.05. The normalized spacial score (nSPS) is 12.6. The van der Waals surface area contributed by atoms with Crippen LogP contribution in [0.1, 0.15) is 31.7 Å². The van der Waals surface area contributed by atoms with Gasteiger partial charge in [-0.05, 0) is 42.2 Å². The molecule has 0 fully saturated rings. The van der Waals surface area contributed by atoms with Crippen LogP contribution in [0.3, 0.4) is 0 Å². The Labute approximate surface area is 159 Å². The number of aliphatic hydroxyl groups excluding tert-OH is 1. The van der Waals surface area contributed by atoms with Gasteiger partial charge >= 0.3 is 0 Å². The fraction of sp³-hybridized carbons (Fsp3) is 0.350. The van der Waals surface area contributed by atoms with E-state index in [2.05, 4.69) is 13.8 Å². The average molecular weight is 363 g/mol. The van der Waals surface area contributed by atoms with E-state index in [-0.39, 0.29) is 18.0 Å².